The zero-order valence-electron chi connectivity index (χ0n) is 7.77. The van der Waals surface area contributed by atoms with Crippen LogP contribution in [0.25, 0.3) is 0 Å². The van der Waals surface area contributed by atoms with E-state index in [1.54, 1.807) is 11.9 Å². The van der Waals surface area contributed by atoms with Gasteiger partial charge in [-0.05, 0) is 15.9 Å². The van der Waals surface area contributed by atoms with Gasteiger partial charge in [-0.3, -0.25) is 0 Å². The molecule has 8 heteroatoms. The minimum atomic E-state index is -2.92. The molecule has 0 unspecified atom stereocenters. The maximum atomic E-state index is 10.9. The molecule has 1 heterocycles. The summed E-state index contributed by atoms with van der Waals surface area (Å²) in [7, 11) is -1.13. The van der Waals surface area contributed by atoms with E-state index in [-0.39, 0.29) is 5.75 Å². The summed E-state index contributed by atoms with van der Waals surface area (Å²) in [6, 6.07) is 0. The summed E-state index contributed by atoms with van der Waals surface area (Å²) in [4.78, 5) is 1.77. The summed E-state index contributed by atoms with van der Waals surface area (Å²) < 4.78 is 22.5. The molecule has 1 aromatic heterocycles. The highest BCUT2D eigenvalue weighted by atomic mass is 79.9. The molecule has 1 aromatic rings. The zero-order chi connectivity index (χ0) is 10.8. The number of sulfone groups is 1. The lowest BCUT2D eigenvalue weighted by Gasteiger charge is -2.13. The van der Waals surface area contributed by atoms with Crippen molar-refractivity contribution in [1.82, 2.24) is 10.2 Å². The van der Waals surface area contributed by atoms with E-state index in [0.717, 1.165) is 0 Å². The van der Waals surface area contributed by atoms with Gasteiger partial charge in [-0.15, -0.1) is 10.2 Å². The molecular formula is C6H10BrN3O2S2. The van der Waals surface area contributed by atoms with Crippen molar-refractivity contribution in [2.75, 3.05) is 30.5 Å². The first-order valence-corrected chi connectivity index (χ1v) is 7.43. The van der Waals surface area contributed by atoms with Crippen LogP contribution in [0.2, 0.25) is 0 Å². The Balaban J connectivity index is 2.55. The molecule has 0 atom stereocenters. The molecule has 80 valence electrons. The van der Waals surface area contributed by atoms with Crippen LogP contribution >= 0.6 is 27.3 Å². The SMILES string of the molecule is CN(CCS(C)(=O)=O)c1nnc(Br)s1. The fourth-order valence-corrected chi connectivity index (χ4v) is 2.43. The zero-order valence-corrected chi connectivity index (χ0v) is 11.0. The average Bonchev–Trinajstić information content (AvgIpc) is 2.46. The van der Waals surface area contributed by atoms with Crippen LogP contribution in [0, 0.1) is 0 Å². The molecular weight excluding hydrogens is 290 g/mol. The van der Waals surface area contributed by atoms with E-state index in [9.17, 15) is 8.42 Å². The number of anilines is 1. The lowest BCUT2D eigenvalue weighted by molar-refractivity contribution is 0.601. The first-order valence-electron chi connectivity index (χ1n) is 3.76. The lowest BCUT2D eigenvalue weighted by atomic mass is 10.7. The molecule has 0 radical (unpaired) electrons. The van der Waals surface area contributed by atoms with E-state index < -0.39 is 9.84 Å². The fourth-order valence-electron chi connectivity index (χ4n) is 0.751. The molecule has 0 aromatic carbocycles. The molecule has 1 rings (SSSR count). The van der Waals surface area contributed by atoms with Crippen molar-refractivity contribution in [3.63, 3.8) is 0 Å². The van der Waals surface area contributed by atoms with Gasteiger partial charge in [-0.25, -0.2) is 8.42 Å². The third-order valence-electron chi connectivity index (χ3n) is 1.51. The fraction of sp³-hybridized carbons (Fsp3) is 0.667. The summed E-state index contributed by atoms with van der Waals surface area (Å²) in [6.45, 7) is 0.431. The quantitative estimate of drug-likeness (QED) is 0.822. The van der Waals surface area contributed by atoms with Gasteiger partial charge in [-0.2, -0.15) is 0 Å². The van der Waals surface area contributed by atoms with Crippen LogP contribution in [0.3, 0.4) is 0 Å². The Kier molecular flexibility index (Phi) is 3.85. The van der Waals surface area contributed by atoms with Gasteiger partial charge < -0.3 is 4.90 Å². The Morgan fingerprint density at radius 3 is 2.57 bits per heavy atom. The van der Waals surface area contributed by atoms with Crippen LogP contribution in [0.5, 0.6) is 0 Å². The van der Waals surface area contributed by atoms with Crippen LogP contribution in [-0.2, 0) is 9.84 Å². The van der Waals surface area contributed by atoms with Crippen molar-refractivity contribution in [2.45, 2.75) is 0 Å². The second kappa shape index (κ2) is 4.54. The molecule has 5 nitrogen and oxygen atoms in total. The van der Waals surface area contributed by atoms with Gasteiger partial charge in [0.1, 0.15) is 9.84 Å². The molecule has 0 aliphatic carbocycles. The van der Waals surface area contributed by atoms with Crippen LogP contribution in [0.15, 0.2) is 3.92 Å². The standard InChI is InChI=1S/C6H10BrN3O2S2/c1-10(3-4-14(2,11)12)6-9-8-5(7)13-6/h3-4H2,1-2H3. The largest absolute Gasteiger partial charge is 0.349 e. The van der Waals surface area contributed by atoms with Gasteiger partial charge in [0.25, 0.3) is 0 Å². The van der Waals surface area contributed by atoms with Gasteiger partial charge in [0.15, 0.2) is 3.92 Å². The van der Waals surface area contributed by atoms with Crippen molar-refractivity contribution in [2.24, 2.45) is 0 Å². The van der Waals surface area contributed by atoms with Gasteiger partial charge in [-0.1, -0.05) is 11.3 Å². The maximum Gasteiger partial charge on any atom is 0.208 e. The van der Waals surface area contributed by atoms with E-state index in [1.165, 1.54) is 17.6 Å². The van der Waals surface area contributed by atoms with E-state index in [4.69, 9.17) is 0 Å². The first kappa shape index (κ1) is 11.9. The van der Waals surface area contributed by atoms with Gasteiger partial charge in [0.05, 0.1) is 5.75 Å². The second-order valence-electron chi connectivity index (χ2n) is 2.89. The van der Waals surface area contributed by atoms with Crippen LogP contribution in [0.4, 0.5) is 5.13 Å². The molecule has 14 heavy (non-hydrogen) atoms. The molecule has 0 saturated carbocycles. The van der Waals surface area contributed by atoms with E-state index in [1.807, 2.05) is 0 Å². The Morgan fingerprint density at radius 2 is 2.14 bits per heavy atom. The first-order chi connectivity index (χ1) is 6.38. The summed E-state index contributed by atoms with van der Waals surface area (Å²) in [5.41, 5.74) is 0. The highest BCUT2D eigenvalue weighted by molar-refractivity contribution is 9.11. The van der Waals surface area contributed by atoms with Gasteiger partial charge in [0.2, 0.25) is 5.13 Å². The molecule has 0 aliphatic rings. The van der Waals surface area contributed by atoms with Crippen molar-refractivity contribution in [1.29, 1.82) is 0 Å². The Labute approximate surface area is 95.2 Å². The molecule has 0 fully saturated rings. The lowest BCUT2D eigenvalue weighted by Crippen LogP contribution is -2.24. The predicted octanol–water partition coefficient (Wildman–Crippen LogP) is 0.781. The minimum absolute atomic E-state index is 0.126. The van der Waals surface area contributed by atoms with Crippen molar-refractivity contribution >= 4 is 42.2 Å². The van der Waals surface area contributed by atoms with Gasteiger partial charge in [0, 0.05) is 19.8 Å². The molecule has 0 aliphatic heterocycles. The number of halogens is 1. The van der Waals surface area contributed by atoms with Crippen molar-refractivity contribution in [3.8, 4) is 0 Å². The van der Waals surface area contributed by atoms with Crippen molar-refractivity contribution in [3.05, 3.63) is 3.92 Å². The summed E-state index contributed by atoms with van der Waals surface area (Å²) in [5, 5.41) is 8.35. The number of aromatic nitrogens is 2. The average molecular weight is 300 g/mol. The smallest absolute Gasteiger partial charge is 0.208 e. The van der Waals surface area contributed by atoms with E-state index in [0.29, 0.717) is 15.6 Å². The minimum Gasteiger partial charge on any atom is -0.349 e. The Bertz CT molecular complexity index is 403. The highest BCUT2D eigenvalue weighted by Gasteiger charge is 2.09. The molecule has 0 N–H and O–H groups in total. The topological polar surface area (TPSA) is 63.2 Å². The summed E-state index contributed by atoms with van der Waals surface area (Å²) in [5.74, 6) is 0.126. The van der Waals surface area contributed by atoms with Crippen LogP contribution in [-0.4, -0.2) is 44.2 Å². The maximum absolute atomic E-state index is 10.9. The van der Waals surface area contributed by atoms with Crippen LogP contribution < -0.4 is 4.90 Å². The second-order valence-corrected chi connectivity index (χ2v) is 7.38. The van der Waals surface area contributed by atoms with E-state index >= 15 is 0 Å². The summed E-state index contributed by atoms with van der Waals surface area (Å²) >= 11 is 4.56. The van der Waals surface area contributed by atoms with Crippen molar-refractivity contribution < 1.29 is 8.42 Å². The molecule has 0 amide bonds. The number of hydrogen-bond donors (Lipinski definition) is 0. The summed E-state index contributed by atoms with van der Waals surface area (Å²) in [6.07, 6.45) is 1.22. The third kappa shape index (κ3) is 3.89. The number of hydrogen-bond acceptors (Lipinski definition) is 6. The Morgan fingerprint density at radius 1 is 1.50 bits per heavy atom. The number of rotatable bonds is 4. The van der Waals surface area contributed by atoms with Crippen LogP contribution in [0.1, 0.15) is 0 Å². The molecule has 0 bridgehead atoms. The Hall–Kier alpha value is -0.210. The highest BCUT2D eigenvalue weighted by Crippen LogP contribution is 2.22. The van der Waals surface area contributed by atoms with Gasteiger partial charge >= 0.3 is 0 Å². The molecule has 0 saturated heterocycles. The number of nitrogens with zero attached hydrogens (tertiary/aromatic N) is 3. The normalized spacial score (nSPS) is 11.6. The third-order valence-corrected chi connectivity index (χ3v) is 3.91. The van der Waals surface area contributed by atoms with E-state index in [2.05, 4.69) is 26.1 Å². The predicted molar refractivity (Wildman–Crippen MR) is 60.6 cm³/mol. The molecule has 0 spiro atoms. The monoisotopic (exact) mass is 299 g/mol.